The highest BCUT2D eigenvalue weighted by atomic mass is 32.2. The highest BCUT2D eigenvalue weighted by Crippen LogP contribution is 2.29. The van der Waals surface area contributed by atoms with Crippen molar-refractivity contribution in [2.45, 2.75) is 49.9 Å². The van der Waals surface area contributed by atoms with E-state index in [1.165, 1.54) is 30.0 Å². The first-order valence-electron chi connectivity index (χ1n) is 13.1. The zero-order chi connectivity index (χ0) is 29.7. The Bertz CT molecular complexity index is 1560. The van der Waals surface area contributed by atoms with Crippen molar-refractivity contribution in [3.8, 4) is 11.4 Å². The fourth-order valence-electron chi connectivity index (χ4n) is 4.07. The van der Waals surface area contributed by atoms with Crippen LogP contribution in [-0.4, -0.2) is 36.8 Å². The summed E-state index contributed by atoms with van der Waals surface area (Å²) in [6, 6.07) is 20.7. The van der Waals surface area contributed by atoms with Gasteiger partial charge in [0.2, 0.25) is 5.91 Å². The fraction of sp³-hybridized carbons (Fsp3) is 0.267. The van der Waals surface area contributed by atoms with Gasteiger partial charge in [0.1, 0.15) is 0 Å². The van der Waals surface area contributed by atoms with Crippen LogP contribution in [-0.2, 0) is 17.3 Å². The lowest BCUT2D eigenvalue weighted by atomic mass is 9.87. The van der Waals surface area contributed by atoms with E-state index in [2.05, 4.69) is 41.6 Å². The number of thioether (sulfide) groups is 1. The number of carbonyl (C=O) groups is 2. The van der Waals surface area contributed by atoms with Crippen molar-refractivity contribution in [1.82, 2.24) is 14.8 Å². The first-order chi connectivity index (χ1) is 19.5. The Labute approximate surface area is 242 Å². The molecule has 1 aromatic heterocycles. The van der Waals surface area contributed by atoms with Gasteiger partial charge in [0, 0.05) is 41.7 Å². The predicted octanol–water partition coefficient (Wildman–Crippen LogP) is 6.45. The van der Waals surface area contributed by atoms with Crippen molar-refractivity contribution in [2.75, 3.05) is 10.6 Å². The summed E-state index contributed by atoms with van der Waals surface area (Å²) >= 11 is 1.27. The molecule has 1 heterocycles. The number of anilines is 2. The Morgan fingerprint density at radius 3 is 2.27 bits per heavy atom. The van der Waals surface area contributed by atoms with Gasteiger partial charge in [-0.2, -0.15) is 0 Å². The number of nitrogens with one attached hydrogen (secondary N) is 2. The van der Waals surface area contributed by atoms with Crippen molar-refractivity contribution in [2.24, 2.45) is 7.05 Å². The van der Waals surface area contributed by atoms with Gasteiger partial charge in [0.25, 0.3) is 11.6 Å². The summed E-state index contributed by atoms with van der Waals surface area (Å²) in [6.07, 6.45) is 0.515. The third-order valence-corrected chi connectivity index (χ3v) is 7.88. The van der Waals surface area contributed by atoms with Crippen molar-refractivity contribution in [3.05, 3.63) is 94.0 Å². The third kappa shape index (κ3) is 7.17. The van der Waals surface area contributed by atoms with Gasteiger partial charge >= 0.3 is 0 Å². The number of nitro groups is 1. The molecule has 3 aromatic carbocycles. The van der Waals surface area contributed by atoms with Crippen LogP contribution in [0, 0.1) is 10.1 Å². The monoisotopic (exact) mass is 572 g/mol. The molecule has 10 nitrogen and oxygen atoms in total. The number of carbonyl (C=O) groups excluding carboxylic acids is 2. The summed E-state index contributed by atoms with van der Waals surface area (Å²) in [6.45, 7) is 8.27. The molecule has 0 saturated heterocycles. The van der Waals surface area contributed by atoms with Gasteiger partial charge in [-0.05, 0) is 59.9 Å². The molecule has 2 N–H and O–H groups in total. The summed E-state index contributed by atoms with van der Waals surface area (Å²) in [5.41, 5.74) is 3.47. The van der Waals surface area contributed by atoms with E-state index in [4.69, 9.17) is 0 Å². The van der Waals surface area contributed by atoms with Gasteiger partial charge in [0.15, 0.2) is 11.0 Å². The molecule has 0 saturated carbocycles. The minimum Gasteiger partial charge on any atom is -0.325 e. The van der Waals surface area contributed by atoms with Gasteiger partial charge in [-0.25, -0.2) is 0 Å². The molecule has 1 atom stereocenters. The first-order valence-corrected chi connectivity index (χ1v) is 14.0. The maximum absolute atomic E-state index is 12.9. The summed E-state index contributed by atoms with van der Waals surface area (Å²) < 4.78 is 1.80. The number of amides is 2. The predicted molar refractivity (Wildman–Crippen MR) is 161 cm³/mol. The zero-order valence-corrected chi connectivity index (χ0v) is 24.4. The van der Waals surface area contributed by atoms with Crippen LogP contribution in [0.1, 0.15) is 50.0 Å². The number of nitrogens with zero attached hydrogens (tertiary/aromatic N) is 4. The van der Waals surface area contributed by atoms with Crippen LogP contribution < -0.4 is 10.6 Å². The molecule has 212 valence electrons. The lowest BCUT2D eigenvalue weighted by Gasteiger charge is -2.19. The van der Waals surface area contributed by atoms with Crippen LogP contribution in [0.15, 0.2) is 78.0 Å². The molecule has 0 aliphatic rings. The minimum atomic E-state index is -0.505. The average molecular weight is 573 g/mol. The van der Waals surface area contributed by atoms with Crippen LogP contribution >= 0.6 is 11.8 Å². The van der Waals surface area contributed by atoms with Gasteiger partial charge in [-0.3, -0.25) is 19.7 Å². The standard InChI is InChI=1S/C30H32N6O4S/c1-6-25(28(38)32-23-8-7-9-24(18-23)36(39)40)41-29-34-33-26(35(29)5)19-12-16-22(17-13-19)31-27(37)20-10-14-21(15-11-20)30(2,3)4/h7-18,25H,6H2,1-5H3,(H,31,37)(H,32,38). The quantitative estimate of drug-likeness (QED) is 0.134. The number of nitro benzene ring substituents is 1. The van der Waals surface area contributed by atoms with E-state index >= 15 is 0 Å². The zero-order valence-electron chi connectivity index (χ0n) is 23.5. The molecule has 0 radical (unpaired) electrons. The molecular weight excluding hydrogens is 540 g/mol. The van der Waals surface area contributed by atoms with Crippen LogP contribution in [0.2, 0.25) is 0 Å². The molecule has 0 spiro atoms. The van der Waals surface area contributed by atoms with Crippen molar-refractivity contribution in [1.29, 1.82) is 0 Å². The second-order valence-corrected chi connectivity index (χ2v) is 11.7. The lowest BCUT2D eigenvalue weighted by molar-refractivity contribution is -0.384. The molecule has 4 rings (SSSR count). The van der Waals surface area contributed by atoms with E-state index in [1.54, 1.807) is 22.8 Å². The molecule has 1 unspecified atom stereocenters. The van der Waals surface area contributed by atoms with Crippen LogP contribution in [0.3, 0.4) is 0 Å². The highest BCUT2D eigenvalue weighted by Gasteiger charge is 2.23. The second-order valence-electron chi connectivity index (χ2n) is 10.5. The van der Waals surface area contributed by atoms with Crippen molar-refractivity contribution < 1.29 is 14.5 Å². The van der Waals surface area contributed by atoms with E-state index in [9.17, 15) is 19.7 Å². The number of hydrogen-bond donors (Lipinski definition) is 2. The number of rotatable bonds is 9. The maximum Gasteiger partial charge on any atom is 0.271 e. The number of non-ortho nitro benzene ring substituents is 1. The third-order valence-electron chi connectivity index (χ3n) is 6.48. The first kappa shape index (κ1) is 29.5. The lowest BCUT2D eigenvalue weighted by Crippen LogP contribution is -2.25. The fourth-order valence-corrected chi connectivity index (χ4v) is 4.99. The van der Waals surface area contributed by atoms with Gasteiger partial charge < -0.3 is 15.2 Å². The Hall–Kier alpha value is -4.51. The molecule has 0 bridgehead atoms. The molecule has 0 aliphatic carbocycles. The van der Waals surface area contributed by atoms with Gasteiger partial charge in [0.05, 0.1) is 10.2 Å². The molecule has 4 aromatic rings. The Kier molecular flexibility index (Phi) is 8.87. The molecule has 41 heavy (non-hydrogen) atoms. The van der Waals surface area contributed by atoms with E-state index in [1.807, 2.05) is 50.4 Å². The van der Waals surface area contributed by atoms with Crippen molar-refractivity contribution in [3.63, 3.8) is 0 Å². The largest absolute Gasteiger partial charge is 0.325 e. The summed E-state index contributed by atoms with van der Waals surface area (Å²) in [5, 5.41) is 25.4. The second kappa shape index (κ2) is 12.3. The molecule has 2 amide bonds. The number of hydrogen-bond acceptors (Lipinski definition) is 7. The summed E-state index contributed by atoms with van der Waals surface area (Å²) in [7, 11) is 1.82. The minimum absolute atomic E-state index is 0.0142. The van der Waals surface area contributed by atoms with E-state index < -0.39 is 10.2 Å². The number of aromatic nitrogens is 3. The van der Waals surface area contributed by atoms with Crippen LogP contribution in [0.4, 0.5) is 17.1 Å². The normalized spacial score (nSPS) is 12.0. The van der Waals surface area contributed by atoms with Crippen molar-refractivity contribution >= 4 is 40.6 Å². The Morgan fingerprint density at radius 2 is 1.66 bits per heavy atom. The Balaban J connectivity index is 1.41. The molecule has 0 fully saturated rings. The van der Waals surface area contributed by atoms with Gasteiger partial charge in [-0.15, -0.1) is 10.2 Å². The van der Waals surface area contributed by atoms with Crippen LogP contribution in [0.5, 0.6) is 0 Å². The maximum atomic E-state index is 12.9. The van der Waals surface area contributed by atoms with E-state index in [0.29, 0.717) is 34.3 Å². The SMILES string of the molecule is CCC(Sc1nnc(-c2ccc(NC(=O)c3ccc(C(C)(C)C)cc3)cc2)n1C)C(=O)Nc1cccc([N+](=O)[O-])c1. The van der Waals surface area contributed by atoms with E-state index in [-0.39, 0.29) is 22.9 Å². The van der Waals surface area contributed by atoms with Gasteiger partial charge in [-0.1, -0.05) is 57.7 Å². The molecule has 0 aliphatic heterocycles. The smallest absolute Gasteiger partial charge is 0.271 e. The molecular formula is C30H32N6O4S. The Morgan fingerprint density at radius 1 is 0.976 bits per heavy atom. The summed E-state index contributed by atoms with van der Waals surface area (Å²) in [5.74, 6) is 0.136. The molecule has 11 heteroatoms. The highest BCUT2D eigenvalue weighted by molar-refractivity contribution is 8.00. The average Bonchev–Trinajstić information content (AvgIpc) is 3.31. The number of benzene rings is 3. The van der Waals surface area contributed by atoms with Crippen LogP contribution in [0.25, 0.3) is 11.4 Å². The topological polar surface area (TPSA) is 132 Å². The van der Waals surface area contributed by atoms with E-state index in [0.717, 1.165) is 11.1 Å². The summed E-state index contributed by atoms with van der Waals surface area (Å²) in [4.78, 5) is 36.2.